The fourth-order valence-corrected chi connectivity index (χ4v) is 7.47. The average Bonchev–Trinajstić information content (AvgIpc) is 3.66. The Labute approximate surface area is 319 Å². The summed E-state index contributed by atoms with van der Waals surface area (Å²) in [5.41, 5.74) is 16.6. The predicted octanol–water partition coefficient (Wildman–Crippen LogP) is 14.0. The first kappa shape index (κ1) is 32.3. The second kappa shape index (κ2) is 13.9. The van der Waals surface area contributed by atoms with E-state index >= 15 is 0 Å². The maximum absolute atomic E-state index is 6.50. The molecule has 55 heavy (non-hydrogen) atoms. The van der Waals surface area contributed by atoms with Gasteiger partial charge in [-0.2, -0.15) is 0 Å². The predicted molar refractivity (Wildman–Crippen MR) is 227 cm³/mol. The van der Waals surface area contributed by atoms with Crippen molar-refractivity contribution in [2.45, 2.75) is 0 Å². The largest absolute Gasteiger partial charge is 0.452 e. The van der Waals surface area contributed by atoms with Crippen molar-refractivity contribution in [3.8, 4) is 78.3 Å². The van der Waals surface area contributed by atoms with Gasteiger partial charge in [0.15, 0.2) is 11.4 Å². The molecule has 0 spiro atoms. The van der Waals surface area contributed by atoms with Crippen LogP contribution in [0.2, 0.25) is 0 Å². The molecule has 3 nitrogen and oxygen atoms in total. The van der Waals surface area contributed by atoms with E-state index in [4.69, 9.17) is 14.4 Å². The Hall–Kier alpha value is -7.36. The summed E-state index contributed by atoms with van der Waals surface area (Å²) < 4.78 is 6.50. The van der Waals surface area contributed by atoms with Gasteiger partial charge in [0.2, 0.25) is 0 Å². The highest BCUT2D eigenvalue weighted by Crippen LogP contribution is 2.38. The number of rotatable bonds is 7. The van der Waals surface area contributed by atoms with Crippen molar-refractivity contribution < 1.29 is 4.42 Å². The third kappa shape index (κ3) is 6.28. The molecule has 258 valence electrons. The Morgan fingerprint density at radius 3 is 1.25 bits per heavy atom. The van der Waals surface area contributed by atoms with E-state index in [0.29, 0.717) is 11.4 Å². The topological polar surface area (TPSA) is 38.9 Å². The third-order valence-corrected chi connectivity index (χ3v) is 10.3. The second-order valence-electron chi connectivity index (χ2n) is 13.8. The van der Waals surface area contributed by atoms with Crippen LogP contribution < -0.4 is 0 Å². The van der Waals surface area contributed by atoms with Crippen LogP contribution in [-0.2, 0) is 0 Å². The minimum Gasteiger partial charge on any atom is -0.452 e. The molecule has 2 aromatic heterocycles. The van der Waals surface area contributed by atoms with Gasteiger partial charge in [0.05, 0.1) is 0 Å². The zero-order valence-corrected chi connectivity index (χ0v) is 29.9. The molecule has 0 radical (unpaired) electrons. The van der Waals surface area contributed by atoms with Crippen molar-refractivity contribution >= 4 is 22.1 Å². The summed E-state index contributed by atoms with van der Waals surface area (Å²) in [4.78, 5) is 10.4. The maximum atomic E-state index is 6.50. The first-order chi connectivity index (χ1) is 27.2. The first-order valence-corrected chi connectivity index (χ1v) is 18.6. The molecule has 10 rings (SSSR count). The van der Waals surface area contributed by atoms with Gasteiger partial charge in [0, 0.05) is 16.5 Å². The Morgan fingerprint density at radius 2 is 0.673 bits per heavy atom. The van der Waals surface area contributed by atoms with Gasteiger partial charge in [-0.15, -0.1) is 0 Å². The molecular weight excluding hydrogens is 669 g/mol. The van der Waals surface area contributed by atoms with Crippen molar-refractivity contribution in [3.63, 3.8) is 0 Å². The van der Waals surface area contributed by atoms with E-state index in [1.54, 1.807) is 0 Å². The average molecular weight is 703 g/mol. The summed E-state index contributed by atoms with van der Waals surface area (Å²) >= 11 is 0. The lowest BCUT2D eigenvalue weighted by Crippen LogP contribution is -1.94. The molecular formula is C52H34N2O. The number of nitrogens with zero attached hydrogens (tertiary/aromatic N) is 2. The molecule has 8 aromatic carbocycles. The molecule has 0 aliphatic carbocycles. The van der Waals surface area contributed by atoms with Crippen LogP contribution in [0.4, 0.5) is 0 Å². The number of furan rings is 1. The number of hydrogen-bond acceptors (Lipinski definition) is 3. The SMILES string of the molecule is c1ccc(-c2ccc(-c3cccc(-c4nc(-c5cccc(-c6cccc(-c7cccc(-c8ccccc8)c7)c6)c5)nc5c4oc4ccccc45)c3)cc2)cc1. The molecule has 0 amide bonds. The fraction of sp³-hybridized carbons (Fsp3) is 0. The van der Waals surface area contributed by atoms with E-state index in [1.165, 1.54) is 33.4 Å². The minimum absolute atomic E-state index is 0.653. The van der Waals surface area contributed by atoms with Crippen LogP contribution in [0, 0.1) is 0 Å². The third-order valence-electron chi connectivity index (χ3n) is 10.3. The molecule has 0 saturated heterocycles. The Balaban J connectivity index is 1.04. The first-order valence-electron chi connectivity index (χ1n) is 18.6. The molecule has 2 heterocycles. The molecule has 0 atom stereocenters. The van der Waals surface area contributed by atoms with Gasteiger partial charge in [-0.1, -0.05) is 170 Å². The Bertz CT molecular complexity index is 2960. The van der Waals surface area contributed by atoms with Gasteiger partial charge in [0.1, 0.15) is 16.8 Å². The molecule has 0 unspecified atom stereocenters. The summed E-state index contributed by atoms with van der Waals surface area (Å²) in [6, 6.07) is 72.4. The van der Waals surface area contributed by atoms with Gasteiger partial charge in [0.25, 0.3) is 0 Å². The molecule has 0 fully saturated rings. The van der Waals surface area contributed by atoms with E-state index in [1.807, 2.05) is 24.3 Å². The van der Waals surface area contributed by atoms with Crippen LogP contribution in [-0.4, -0.2) is 9.97 Å². The van der Waals surface area contributed by atoms with E-state index in [9.17, 15) is 0 Å². The van der Waals surface area contributed by atoms with E-state index in [0.717, 1.165) is 55.6 Å². The molecule has 10 aromatic rings. The number of aromatic nitrogens is 2. The summed E-state index contributed by atoms with van der Waals surface area (Å²) in [6.45, 7) is 0. The van der Waals surface area contributed by atoms with Crippen LogP contribution in [0.1, 0.15) is 0 Å². The summed E-state index contributed by atoms with van der Waals surface area (Å²) in [5, 5.41) is 0.969. The van der Waals surface area contributed by atoms with Crippen LogP contribution in [0.25, 0.3) is 100 Å². The molecule has 0 saturated carbocycles. The van der Waals surface area contributed by atoms with Crippen LogP contribution in [0.15, 0.2) is 211 Å². The van der Waals surface area contributed by atoms with Crippen LogP contribution in [0.5, 0.6) is 0 Å². The van der Waals surface area contributed by atoms with Crippen molar-refractivity contribution in [1.29, 1.82) is 0 Å². The number of fused-ring (bicyclic) bond motifs is 3. The molecule has 0 N–H and O–H groups in total. The second-order valence-corrected chi connectivity index (χ2v) is 13.8. The number of benzene rings is 8. The lowest BCUT2D eigenvalue weighted by Gasteiger charge is -2.11. The van der Waals surface area contributed by atoms with Crippen LogP contribution in [0.3, 0.4) is 0 Å². The van der Waals surface area contributed by atoms with Gasteiger partial charge >= 0.3 is 0 Å². The molecule has 0 aliphatic rings. The van der Waals surface area contributed by atoms with E-state index < -0.39 is 0 Å². The highest BCUT2D eigenvalue weighted by atomic mass is 16.3. The Kier molecular flexibility index (Phi) is 8.16. The highest BCUT2D eigenvalue weighted by Gasteiger charge is 2.19. The van der Waals surface area contributed by atoms with Crippen LogP contribution >= 0.6 is 0 Å². The quantitative estimate of drug-likeness (QED) is 0.166. The fourth-order valence-electron chi connectivity index (χ4n) is 7.47. The monoisotopic (exact) mass is 702 g/mol. The molecule has 3 heteroatoms. The van der Waals surface area contributed by atoms with Crippen molar-refractivity contribution in [2.24, 2.45) is 0 Å². The number of hydrogen-bond donors (Lipinski definition) is 0. The minimum atomic E-state index is 0.653. The normalized spacial score (nSPS) is 11.3. The zero-order valence-electron chi connectivity index (χ0n) is 29.9. The summed E-state index contributed by atoms with van der Waals surface area (Å²) in [7, 11) is 0. The van der Waals surface area contributed by atoms with E-state index in [2.05, 4.69) is 182 Å². The zero-order chi connectivity index (χ0) is 36.6. The lowest BCUT2D eigenvalue weighted by molar-refractivity contribution is 0.667. The smallest absolute Gasteiger partial charge is 0.180 e. The summed E-state index contributed by atoms with van der Waals surface area (Å²) in [5.74, 6) is 0.653. The lowest BCUT2D eigenvalue weighted by atomic mass is 9.95. The molecule has 0 bridgehead atoms. The van der Waals surface area contributed by atoms with Gasteiger partial charge in [-0.3, -0.25) is 0 Å². The standard InChI is InChI=1S/C52H34N2O/c1-3-13-35(14-4-1)37-27-29-38(30-28-37)40-18-11-23-45(33-40)49-51-50(47-25-7-8-26-48(47)55-51)54-52(53-49)46-24-12-22-44(34-46)43-21-10-20-42(32-43)41-19-9-17-39(31-41)36-15-5-2-6-16-36/h1-34H. The van der Waals surface area contributed by atoms with Crippen molar-refractivity contribution in [3.05, 3.63) is 206 Å². The van der Waals surface area contributed by atoms with Crippen molar-refractivity contribution in [1.82, 2.24) is 9.97 Å². The van der Waals surface area contributed by atoms with Crippen molar-refractivity contribution in [2.75, 3.05) is 0 Å². The maximum Gasteiger partial charge on any atom is 0.180 e. The Morgan fingerprint density at radius 1 is 0.291 bits per heavy atom. The van der Waals surface area contributed by atoms with E-state index in [-0.39, 0.29) is 0 Å². The van der Waals surface area contributed by atoms with Gasteiger partial charge < -0.3 is 4.42 Å². The highest BCUT2D eigenvalue weighted by molar-refractivity contribution is 6.07. The number of para-hydroxylation sites is 1. The van der Waals surface area contributed by atoms with Gasteiger partial charge in [-0.05, 0) is 92.0 Å². The summed E-state index contributed by atoms with van der Waals surface area (Å²) in [6.07, 6.45) is 0. The van der Waals surface area contributed by atoms with Gasteiger partial charge in [-0.25, -0.2) is 9.97 Å². The molecule has 0 aliphatic heterocycles.